The van der Waals surface area contributed by atoms with E-state index in [0.717, 1.165) is 22.4 Å². The van der Waals surface area contributed by atoms with Gasteiger partial charge in [0.15, 0.2) is 0 Å². The minimum absolute atomic E-state index is 0.133. The van der Waals surface area contributed by atoms with E-state index < -0.39 is 6.10 Å². The molecule has 0 saturated carbocycles. The highest BCUT2D eigenvalue weighted by molar-refractivity contribution is 5.69. The second-order valence-corrected chi connectivity index (χ2v) is 4.94. The van der Waals surface area contributed by atoms with E-state index in [2.05, 4.69) is 22.1 Å². The quantitative estimate of drug-likeness (QED) is 0.773. The van der Waals surface area contributed by atoms with Crippen molar-refractivity contribution in [3.8, 4) is 11.3 Å². The molecule has 0 aliphatic carbocycles. The van der Waals surface area contributed by atoms with Gasteiger partial charge in [0, 0.05) is 18.0 Å². The number of fused-ring (bicyclic) bond motifs is 3. The summed E-state index contributed by atoms with van der Waals surface area (Å²) in [6.45, 7) is 0. The fraction of sp³-hybridized carbons (Fsp3) is 0.125. The summed E-state index contributed by atoms with van der Waals surface area (Å²) in [5.74, 6) is 0. The van der Waals surface area contributed by atoms with E-state index in [1.54, 1.807) is 18.7 Å². The Morgan fingerprint density at radius 2 is 1.85 bits per heavy atom. The van der Waals surface area contributed by atoms with E-state index in [4.69, 9.17) is 0 Å². The molecule has 0 spiro atoms. The van der Waals surface area contributed by atoms with E-state index in [9.17, 15) is 5.11 Å². The number of nitrogens with zero attached hydrogens (tertiary/aromatic N) is 3. The minimum Gasteiger partial charge on any atom is -0.386 e. The SMILES string of the molecule is OC(c1ccncc1)[C@@H]1c2ccccc2-c2cncn21. The molecular weight excluding hydrogens is 250 g/mol. The zero-order valence-electron chi connectivity index (χ0n) is 10.7. The highest BCUT2D eigenvalue weighted by Crippen LogP contribution is 2.44. The van der Waals surface area contributed by atoms with E-state index in [-0.39, 0.29) is 6.04 Å². The van der Waals surface area contributed by atoms with Crippen LogP contribution >= 0.6 is 0 Å². The molecule has 4 nitrogen and oxygen atoms in total. The Bertz CT molecular complexity index is 751. The molecule has 1 aliphatic heterocycles. The summed E-state index contributed by atoms with van der Waals surface area (Å²) in [6, 6.07) is 11.7. The Kier molecular flexibility index (Phi) is 2.44. The van der Waals surface area contributed by atoms with Gasteiger partial charge < -0.3 is 9.67 Å². The average molecular weight is 263 g/mol. The molecule has 0 bridgehead atoms. The molecule has 20 heavy (non-hydrogen) atoms. The topological polar surface area (TPSA) is 50.9 Å². The molecule has 0 fully saturated rings. The van der Waals surface area contributed by atoms with Crippen LogP contribution in [0.3, 0.4) is 0 Å². The molecule has 4 heteroatoms. The van der Waals surface area contributed by atoms with Crippen LogP contribution in [0.15, 0.2) is 61.3 Å². The third-order valence-corrected chi connectivity index (χ3v) is 3.87. The monoisotopic (exact) mass is 263 g/mol. The van der Waals surface area contributed by atoms with Crippen molar-refractivity contribution in [2.24, 2.45) is 0 Å². The Morgan fingerprint density at radius 3 is 2.70 bits per heavy atom. The van der Waals surface area contributed by atoms with Crippen LogP contribution in [0, 0.1) is 0 Å². The van der Waals surface area contributed by atoms with Crippen LogP contribution in [0.25, 0.3) is 11.3 Å². The van der Waals surface area contributed by atoms with Gasteiger partial charge in [0.05, 0.1) is 24.3 Å². The van der Waals surface area contributed by atoms with E-state index in [0.29, 0.717) is 0 Å². The highest BCUT2D eigenvalue weighted by Gasteiger charge is 2.33. The molecule has 2 atom stereocenters. The second kappa shape index (κ2) is 4.28. The lowest BCUT2D eigenvalue weighted by molar-refractivity contribution is 0.135. The first-order valence-corrected chi connectivity index (χ1v) is 6.55. The number of aromatic nitrogens is 3. The molecule has 0 radical (unpaired) electrons. The summed E-state index contributed by atoms with van der Waals surface area (Å²) in [5, 5.41) is 10.8. The van der Waals surface area contributed by atoms with Gasteiger partial charge in [-0.05, 0) is 23.3 Å². The molecule has 98 valence electrons. The van der Waals surface area contributed by atoms with Crippen LogP contribution in [-0.4, -0.2) is 19.6 Å². The third kappa shape index (κ3) is 1.52. The van der Waals surface area contributed by atoms with Crippen LogP contribution in [-0.2, 0) is 0 Å². The summed E-state index contributed by atoms with van der Waals surface area (Å²) in [7, 11) is 0. The standard InChI is InChI=1S/C16H13N3O/c20-16(11-5-7-17-8-6-11)15-13-4-2-1-3-12(13)14-9-18-10-19(14)15/h1-10,15-16,20H/t15-,16?/m0/s1. The van der Waals surface area contributed by atoms with E-state index in [1.807, 2.05) is 35.0 Å². The number of aliphatic hydroxyl groups is 1. The molecule has 4 rings (SSSR count). The number of imidazole rings is 1. The molecule has 3 heterocycles. The van der Waals surface area contributed by atoms with Crippen molar-refractivity contribution in [1.29, 1.82) is 0 Å². The van der Waals surface area contributed by atoms with Gasteiger partial charge in [0.25, 0.3) is 0 Å². The lowest BCUT2D eigenvalue weighted by atomic mass is 9.95. The van der Waals surface area contributed by atoms with Crippen molar-refractivity contribution in [2.45, 2.75) is 12.1 Å². The van der Waals surface area contributed by atoms with Crippen molar-refractivity contribution < 1.29 is 5.11 Å². The molecule has 1 aliphatic rings. The Morgan fingerprint density at radius 1 is 1.05 bits per heavy atom. The number of hydrogen-bond donors (Lipinski definition) is 1. The molecule has 3 aromatic rings. The van der Waals surface area contributed by atoms with Gasteiger partial charge in [-0.15, -0.1) is 0 Å². The summed E-state index contributed by atoms with van der Waals surface area (Å²) in [5.41, 5.74) is 4.19. The number of hydrogen-bond acceptors (Lipinski definition) is 3. The predicted molar refractivity (Wildman–Crippen MR) is 75.0 cm³/mol. The van der Waals surface area contributed by atoms with Crippen LogP contribution < -0.4 is 0 Å². The minimum atomic E-state index is -0.616. The zero-order valence-corrected chi connectivity index (χ0v) is 10.7. The van der Waals surface area contributed by atoms with Gasteiger partial charge in [-0.2, -0.15) is 0 Å². The van der Waals surface area contributed by atoms with E-state index in [1.165, 1.54) is 0 Å². The largest absolute Gasteiger partial charge is 0.386 e. The smallest absolute Gasteiger partial charge is 0.104 e. The summed E-state index contributed by atoms with van der Waals surface area (Å²) >= 11 is 0. The Labute approximate surface area is 116 Å². The fourth-order valence-corrected chi connectivity index (χ4v) is 2.94. The van der Waals surface area contributed by atoms with E-state index >= 15 is 0 Å². The van der Waals surface area contributed by atoms with Gasteiger partial charge in [-0.25, -0.2) is 4.98 Å². The first-order valence-electron chi connectivity index (χ1n) is 6.55. The lowest BCUT2D eigenvalue weighted by Crippen LogP contribution is -2.15. The Balaban J connectivity index is 1.87. The summed E-state index contributed by atoms with van der Waals surface area (Å²) in [4.78, 5) is 8.21. The van der Waals surface area contributed by atoms with Gasteiger partial charge >= 0.3 is 0 Å². The predicted octanol–water partition coefficient (Wildman–Crippen LogP) is 2.58. The van der Waals surface area contributed by atoms with Crippen LogP contribution in [0.4, 0.5) is 0 Å². The number of rotatable bonds is 2. The van der Waals surface area contributed by atoms with Crippen molar-refractivity contribution in [3.63, 3.8) is 0 Å². The maximum absolute atomic E-state index is 10.8. The van der Waals surface area contributed by atoms with Gasteiger partial charge in [0.1, 0.15) is 6.10 Å². The zero-order chi connectivity index (χ0) is 13.5. The first kappa shape index (κ1) is 11.4. The van der Waals surface area contributed by atoms with Crippen LogP contribution in [0.1, 0.15) is 23.3 Å². The lowest BCUT2D eigenvalue weighted by Gasteiger charge is -2.21. The van der Waals surface area contributed by atoms with Crippen molar-refractivity contribution >= 4 is 0 Å². The van der Waals surface area contributed by atoms with Crippen LogP contribution in [0.5, 0.6) is 0 Å². The summed E-state index contributed by atoms with van der Waals surface area (Å²) < 4.78 is 2.04. The third-order valence-electron chi connectivity index (χ3n) is 3.87. The highest BCUT2D eigenvalue weighted by atomic mass is 16.3. The summed E-state index contributed by atoms with van der Waals surface area (Å²) in [6.07, 6.45) is 6.42. The average Bonchev–Trinajstić information content (AvgIpc) is 3.08. The first-order chi connectivity index (χ1) is 9.86. The number of benzene rings is 1. The number of pyridine rings is 1. The molecule has 0 saturated heterocycles. The van der Waals surface area contributed by atoms with Crippen molar-refractivity contribution in [1.82, 2.24) is 14.5 Å². The van der Waals surface area contributed by atoms with Crippen LogP contribution in [0.2, 0.25) is 0 Å². The second-order valence-electron chi connectivity index (χ2n) is 4.94. The molecule has 0 amide bonds. The molecule has 1 unspecified atom stereocenters. The van der Waals surface area contributed by atoms with Gasteiger partial charge in [-0.3, -0.25) is 4.98 Å². The fourth-order valence-electron chi connectivity index (χ4n) is 2.94. The van der Waals surface area contributed by atoms with Gasteiger partial charge in [0.2, 0.25) is 0 Å². The van der Waals surface area contributed by atoms with Gasteiger partial charge in [-0.1, -0.05) is 24.3 Å². The maximum atomic E-state index is 10.8. The Hall–Kier alpha value is -2.46. The van der Waals surface area contributed by atoms with Crippen molar-refractivity contribution in [2.75, 3.05) is 0 Å². The number of aliphatic hydroxyl groups excluding tert-OH is 1. The molecular formula is C16H13N3O. The molecule has 1 aromatic carbocycles. The molecule has 2 aromatic heterocycles. The maximum Gasteiger partial charge on any atom is 0.104 e. The normalized spacial score (nSPS) is 17.6. The van der Waals surface area contributed by atoms with Crippen molar-refractivity contribution in [3.05, 3.63) is 72.4 Å². The molecule has 1 N–H and O–H groups in total.